The molecule has 0 spiro atoms. The lowest BCUT2D eigenvalue weighted by Crippen LogP contribution is -2.26. The monoisotopic (exact) mass is 255 g/mol. The number of hydrogen-bond donors (Lipinski definition) is 1. The maximum Gasteiger partial charge on any atom is 0.271 e. The van der Waals surface area contributed by atoms with Gasteiger partial charge in [0, 0.05) is 30.4 Å². The fourth-order valence-corrected chi connectivity index (χ4v) is 1.73. The van der Waals surface area contributed by atoms with E-state index in [0.29, 0.717) is 11.5 Å². The van der Waals surface area contributed by atoms with Gasteiger partial charge in [-0.05, 0) is 6.07 Å². The second kappa shape index (κ2) is 5.30. The molecule has 96 valence electrons. The molecular formula is C14H13N3O2. The van der Waals surface area contributed by atoms with Gasteiger partial charge in [0.25, 0.3) is 5.69 Å². The van der Waals surface area contributed by atoms with Gasteiger partial charge in [0.05, 0.1) is 4.92 Å². The van der Waals surface area contributed by atoms with Gasteiger partial charge in [-0.25, -0.2) is 0 Å². The third-order valence-electron chi connectivity index (χ3n) is 2.81. The fraction of sp³-hybridized carbons (Fsp3) is 0.0714. The maximum absolute atomic E-state index is 10.7. The van der Waals surface area contributed by atoms with E-state index in [-0.39, 0.29) is 5.69 Å². The molecule has 0 bridgehead atoms. The first-order valence-electron chi connectivity index (χ1n) is 5.72. The van der Waals surface area contributed by atoms with Crippen molar-refractivity contribution in [2.24, 2.45) is 0 Å². The summed E-state index contributed by atoms with van der Waals surface area (Å²) in [5, 5.41) is 18.9. The molecule has 0 aliphatic heterocycles. The Morgan fingerprint density at radius 2 is 1.84 bits per heavy atom. The van der Waals surface area contributed by atoms with E-state index < -0.39 is 4.92 Å². The van der Waals surface area contributed by atoms with Crippen LogP contribution < -0.4 is 4.90 Å². The van der Waals surface area contributed by atoms with Gasteiger partial charge in [-0.2, -0.15) is 0 Å². The van der Waals surface area contributed by atoms with E-state index in [1.807, 2.05) is 30.3 Å². The molecule has 0 unspecified atom stereocenters. The molecule has 0 heterocycles. The van der Waals surface area contributed by atoms with Gasteiger partial charge < -0.3 is 4.90 Å². The van der Waals surface area contributed by atoms with Crippen molar-refractivity contribution in [1.82, 2.24) is 0 Å². The second-order valence-electron chi connectivity index (χ2n) is 4.05. The van der Waals surface area contributed by atoms with Crippen LogP contribution in [0.1, 0.15) is 5.56 Å². The minimum Gasteiger partial charge on any atom is -0.329 e. The number of nitro benzene ring substituents is 1. The van der Waals surface area contributed by atoms with Gasteiger partial charge in [-0.3, -0.25) is 15.5 Å². The number of benzene rings is 2. The van der Waals surface area contributed by atoms with E-state index in [0.717, 1.165) is 5.56 Å². The number of amidine groups is 1. The van der Waals surface area contributed by atoms with Crippen molar-refractivity contribution in [3.8, 4) is 0 Å². The molecule has 0 amide bonds. The molecule has 5 nitrogen and oxygen atoms in total. The highest BCUT2D eigenvalue weighted by atomic mass is 16.6. The number of nitro groups is 1. The number of nitrogens with one attached hydrogen (secondary N) is 1. The van der Waals surface area contributed by atoms with Crippen LogP contribution in [0.3, 0.4) is 0 Å². The van der Waals surface area contributed by atoms with Crippen molar-refractivity contribution in [3.63, 3.8) is 0 Å². The molecule has 2 aromatic rings. The summed E-state index contributed by atoms with van der Waals surface area (Å²) in [5.74, 6) is 0.293. The maximum atomic E-state index is 10.7. The Kier molecular flexibility index (Phi) is 3.56. The lowest BCUT2D eigenvalue weighted by molar-refractivity contribution is -0.384. The van der Waals surface area contributed by atoms with Crippen molar-refractivity contribution in [2.45, 2.75) is 0 Å². The zero-order valence-corrected chi connectivity index (χ0v) is 10.4. The standard InChI is InChI=1S/C14H13N3O2/c1-16(14(15)11-6-3-2-4-7-11)12-8-5-9-13(10-12)17(18)19/h2-10,15H,1H3. The van der Waals surface area contributed by atoms with Crippen molar-refractivity contribution < 1.29 is 4.92 Å². The number of rotatable bonds is 3. The number of nitrogens with zero attached hydrogens (tertiary/aromatic N) is 2. The Labute approximate surface area is 110 Å². The Morgan fingerprint density at radius 1 is 1.16 bits per heavy atom. The minimum absolute atomic E-state index is 0.0187. The van der Waals surface area contributed by atoms with Crippen LogP contribution in [0.2, 0.25) is 0 Å². The van der Waals surface area contributed by atoms with Crippen molar-refractivity contribution in [3.05, 3.63) is 70.3 Å². The normalized spacial score (nSPS) is 9.95. The summed E-state index contributed by atoms with van der Waals surface area (Å²) in [7, 11) is 1.72. The average Bonchev–Trinajstić information content (AvgIpc) is 2.46. The van der Waals surface area contributed by atoms with Crippen LogP contribution in [0.5, 0.6) is 0 Å². The highest BCUT2D eigenvalue weighted by Gasteiger charge is 2.12. The zero-order valence-electron chi connectivity index (χ0n) is 10.4. The molecule has 0 atom stereocenters. The largest absolute Gasteiger partial charge is 0.329 e. The van der Waals surface area contributed by atoms with E-state index in [9.17, 15) is 10.1 Å². The van der Waals surface area contributed by atoms with Gasteiger partial charge in [-0.1, -0.05) is 36.4 Å². The number of non-ortho nitro benzene ring substituents is 1. The predicted molar refractivity (Wildman–Crippen MR) is 74.8 cm³/mol. The zero-order chi connectivity index (χ0) is 13.8. The average molecular weight is 255 g/mol. The molecule has 0 radical (unpaired) electrons. The molecule has 2 rings (SSSR count). The summed E-state index contributed by atoms with van der Waals surface area (Å²) in [5.41, 5.74) is 1.39. The smallest absolute Gasteiger partial charge is 0.271 e. The van der Waals surface area contributed by atoms with Crippen LogP contribution >= 0.6 is 0 Å². The van der Waals surface area contributed by atoms with Crippen LogP contribution in [0.15, 0.2) is 54.6 Å². The molecule has 1 N–H and O–H groups in total. The van der Waals surface area contributed by atoms with Crippen LogP contribution in [0.25, 0.3) is 0 Å². The number of anilines is 1. The van der Waals surface area contributed by atoms with E-state index in [2.05, 4.69) is 0 Å². The van der Waals surface area contributed by atoms with Gasteiger partial charge >= 0.3 is 0 Å². The summed E-state index contributed by atoms with van der Waals surface area (Å²) < 4.78 is 0. The Morgan fingerprint density at radius 3 is 2.47 bits per heavy atom. The quantitative estimate of drug-likeness (QED) is 0.396. The third-order valence-corrected chi connectivity index (χ3v) is 2.81. The van der Waals surface area contributed by atoms with Crippen LogP contribution in [-0.4, -0.2) is 17.8 Å². The molecule has 2 aromatic carbocycles. The summed E-state index contributed by atoms with van der Waals surface area (Å²) in [4.78, 5) is 11.9. The Bertz CT molecular complexity index is 611. The first-order chi connectivity index (χ1) is 9.09. The molecular weight excluding hydrogens is 242 g/mol. The van der Waals surface area contributed by atoms with E-state index in [1.54, 1.807) is 24.1 Å². The Hall–Kier alpha value is -2.69. The molecule has 0 saturated carbocycles. The molecule has 0 fully saturated rings. The highest BCUT2D eigenvalue weighted by Crippen LogP contribution is 2.21. The van der Waals surface area contributed by atoms with Crippen LogP contribution in [0, 0.1) is 15.5 Å². The van der Waals surface area contributed by atoms with E-state index in [4.69, 9.17) is 5.41 Å². The highest BCUT2D eigenvalue weighted by molar-refractivity contribution is 6.07. The summed E-state index contributed by atoms with van der Waals surface area (Å²) >= 11 is 0. The van der Waals surface area contributed by atoms with Gasteiger partial charge in [0.2, 0.25) is 0 Å². The van der Waals surface area contributed by atoms with Gasteiger partial charge in [0.15, 0.2) is 0 Å². The molecule has 5 heteroatoms. The molecule has 0 aliphatic carbocycles. The first-order valence-corrected chi connectivity index (χ1v) is 5.72. The molecule has 0 saturated heterocycles. The molecule has 0 aliphatic rings. The van der Waals surface area contributed by atoms with E-state index >= 15 is 0 Å². The third kappa shape index (κ3) is 2.77. The van der Waals surface area contributed by atoms with E-state index in [1.165, 1.54) is 12.1 Å². The lowest BCUT2D eigenvalue weighted by Gasteiger charge is -2.20. The van der Waals surface area contributed by atoms with Crippen LogP contribution in [-0.2, 0) is 0 Å². The molecule has 19 heavy (non-hydrogen) atoms. The van der Waals surface area contributed by atoms with Crippen molar-refractivity contribution in [1.29, 1.82) is 5.41 Å². The summed E-state index contributed by atoms with van der Waals surface area (Å²) in [6.45, 7) is 0. The lowest BCUT2D eigenvalue weighted by atomic mass is 10.2. The Balaban J connectivity index is 2.29. The molecule has 0 aromatic heterocycles. The summed E-state index contributed by atoms with van der Waals surface area (Å²) in [6.07, 6.45) is 0. The number of hydrogen-bond acceptors (Lipinski definition) is 3. The SMILES string of the molecule is CN(C(=N)c1ccccc1)c1cccc([N+](=O)[O-])c1. The van der Waals surface area contributed by atoms with Crippen molar-refractivity contribution in [2.75, 3.05) is 11.9 Å². The minimum atomic E-state index is -0.441. The van der Waals surface area contributed by atoms with Gasteiger partial charge in [-0.15, -0.1) is 0 Å². The topological polar surface area (TPSA) is 70.2 Å². The summed E-state index contributed by atoms with van der Waals surface area (Å²) in [6, 6.07) is 15.5. The second-order valence-corrected chi connectivity index (χ2v) is 4.05. The first kappa shape index (κ1) is 12.8. The van der Waals surface area contributed by atoms with Crippen LogP contribution in [0.4, 0.5) is 11.4 Å². The predicted octanol–water partition coefficient (Wildman–Crippen LogP) is 3.06. The van der Waals surface area contributed by atoms with Crippen molar-refractivity contribution >= 4 is 17.2 Å². The van der Waals surface area contributed by atoms with Gasteiger partial charge in [0.1, 0.15) is 5.84 Å². The fourth-order valence-electron chi connectivity index (χ4n) is 1.73.